The predicted octanol–water partition coefficient (Wildman–Crippen LogP) is 1.70. The number of anilines is 1. The van der Waals surface area contributed by atoms with E-state index in [4.69, 9.17) is 5.73 Å². The molecule has 1 aliphatic rings. The van der Waals surface area contributed by atoms with Gasteiger partial charge >= 0.3 is 0 Å². The summed E-state index contributed by atoms with van der Waals surface area (Å²) in [5, 5.41) is 2.96. The molecule has 2 rings (SSSR count). The van der Waals surface area contributed by atoms with E-state index in [0.29, 0.717) is 6.54 Å². The highest BCUT2D eigenvalue weighted by Crippen LogP contribution is 2.16. The number of amides is 1. The molecule has 4 nitrogen and oxygen atoms in total. The molecule has 0 unspecified atom stereocenters. The number of benzene rings is 1. The molecule has 0 bridgehead atoms. The van der Waals surface area contributed by atoms with Crippen molar-refractivity contribution in [2.45, 2.75) is 26.3 Å². The van der Waals surface area contributed by atoms with E-state index in [9.17, 15) is 4.79 Å². The fourth-order valence-corrected chi connectivity index (χ4v) is 2.35. The zero-order chi connectivity index (χ0) is 13.1. The van der Waals surface area contributed by atoms with Crippen LogP contribution in [0.5, 0.6) is 0 Å². The summed E-state index contributed by atoms with van der Waals surface area (Å²) >= 11 is 0. The lowest BCUT2D eigenvalue weighted by Gasteiger charge is -2.15. The van der Waals surface area contributed by atoms with Gasteiger partial charge in [0.1, 0.15) is 0 Å². The van der Waals surface area contributed by atoms with Crippen LogP contribution in [0.25, 0.3) is 0 Å². The third-order valence-electron chi connectivity index (χ3n) is 3.33. The number of hydrogen-bond donors (Lipinski definition) is 2. The minimum atomic E-state index is 0. The van der Waals surface area contributed by atoms with E-state index in [1.807, 2.05) is 26.0 Å². The van der Waals surface area contributed by atoms with Crippen LogP contribution in [-0.4, -0.2) is 36.5 Å². The Morgan fingerprint density at radius 2 is 2.21 bits per heavy atom. The molecule has 0 spiro atoms. The fourth-order valence-electron chi connectivity index (χ4n) is 2.35. The van der Waals surface area contributed by atoms with Crippen LogP contribution in [0.1, 0.15) is 17.5 Å². The number of carbonyl (C=O) groups is 1. The van der Waals surface area contributed by atoms with Gasteiger partial charge in [-0.25, -0.2) is 0 Å². The Morgan fingerprint density at radius 1 is 1.47 bits per heavy atom. The first-order chi connectivity index (χ1) is 8.54. The normalized spacial score (nSPS) is 19.0. The van der Waals surface area contributed by atoms with E-state index in [0.717, 1.165) is 30.8 Å². The van der Waals surface area contributed by atoms with Crippen LogP contribution in [0.2, 0.25) is 0 Å². The van der Waals surface area contributed by atoms with Gasteiger partial charge in [0.15, 0.2) is 0 Å². The molecule has 1 aliphatic heterocycles. The van der Waals surface area contributed by atoms with Crippen molar-refractivity contribution in [3.05, 3.63) is 29.3 Å². The van der Waals surface area contributed by atoms with Gasteiger partial charge in [-0.2, -0.15) is 0 Å². The third-order valence-corrected chi connectivity index (χ3v) is 3.33. The van der Waals surface area contributed by atoms with Gasteiger partial charge in [-0.1, -0.05) is 17.7 Å². The Balaban J connectivity index is 0.00000180. The lowest BCUT2D eigenvalue weighted by Crippen LogP contribution is -2.33. The summed E-state index contributed by atoms with van der Waals surface area (Å²) in [7, 11) is 0. The molecule has 5 heteroatoms. The molecule has 0 aliphatic carbocycles. The first-order valence-electron chi connectivity index (χ1n) is 6.39. The highest BCUT2D eigenvalue weighted by atomic mass is 35.5. The molecule has 1 fully saturated rings. The van der Waals surface area contributed by atoms with Gasteiger partial charge in [-0.15, -0.1) is 12.4 Å². The molecule has 106 valence electrons. The zero-order valence-corrected chi connectivity index (χ0v) is 12.3. The van der Waals surface area contributed by atoms with E-state index in [2.05, 4.69) is 16.3 Å². The molecule has 1 saturated heterocycles. The van der Waals surface area contributed by atoms with Crippen LogP contribution in [0.4, 0.5) is 5.69 Å². The fraction of sp³-hybridized carbons (Fsp3) is 0.500. The van der Waals surface area contributed by atoms with Crippen LogP contribution in [0.3, 0.4) is 0 Å². The Morgan fingerprint density at radius 3 is 2.79 bits per heavy atom. The molecule has 1 atom stereocenters. The smallest absolute Gasteiger partial charge is 0.238 e. The van der Waals surface area contributed by atoms with Gasteiger partial charge in [0.2, 0.25) is 5.91 Å². The lowest BCUT2D eigenvalue weighted by molar-refractivity contribution is -0.117. The molecule has 0 saturated carbocycles. The second-order valence-electron chi connectivity index (χ2n) is 5.15. The van der Waals surface area contributed by atoms with Crippen molar-refractivity contribution in [1.29, 1.82) is 0 Å². The number of aryl methyl sites for hydroxylation is 2. The van der Waals surface area contributed by atoms with Gasteiger partial charge in [-0.05, 0) is 31.9 Å². The minimum Gasteiger partial charge on any atom is -0.326 e. The van der Waals surface area contributed by atoms with Gasteiger partial charge in [-0.3, -0.25) is 9.69 Å². The average Bonchev–Trinajstić information content (AvgIpc) is 2.68. The maximum atomic E-state index is 11.9. The third kappa shape index (κ3) is 4.49. The summed E-state index contributed by atoms with van der Waals surface area (Å²) in [4.78, 5) is 14.0. The van der Waals surface area contributed by atoms with E-state index in [-0.39, 0.29) is 24.4 Å². The Kier molecular flexibility index (Phi) is 5.79. The van der Waals surface area contributed by atoms with Crippen molar-refractivity contribution in [2.24, 2.45) is 5.73 Å². The zero-order valence-electron chi connectivity index (χ0n) is 11.5. The van der Waals surface area contributed by atoms with Crippen LogP contribution < -0.4 is 11.1 Å². The molecule has 19 heavy (non-hydrogen) atoms. The molecule has 1 aromatic rings. The van der Waals surface area contributed by atoms with Crippen molar-refractivity contribution in [2.75, 3.05) is 25.0 Å². The number of rotatable bonds is 3. The molecule has 3 N–H and O–H groups in total. The largest absolute Gasteiger partial charge is 0.326 e. The monoisotopic (exact) mass is 283 g/mol. The van der Waals surface area contributed by atoms with Crippen LogP contribution >= 0.6 is 12.4 Å². The van der Waals surface area contributed by atoms with Crippen molar-refractivity contribution in [3.63, 3.8) is 0 Å². The second kappa shape index (κ2) is 6.89. The van der Waals surface area contributed by atoms with E-state index in [1.54, 1.807) is 0 Å². The quantitative estimate of drug-likeness (QED) is 0.888. The SMILES string of the molecule is Cc1ccc(NC(=O)CN2CC[C@H](N)C2)c(C)c1.Cl. The molecule has 0 aromatic heterocycles. The number of nitrogens with one attached hydrogen (secondary N) is 1. The summed E-state index contributed by atoms with van der Waals surface area (Å²) < 4.78 is 0. The average molecular weight is 284 g/mol. The Labute approximate surface area is 120 Å². The first-order valence-corrected chi connectivity index (χ1v) is 6.39. The second-order valence-corrected chi connectivity index (χ2v) is 5.15. The lowest BCUT2D eigenvalue weighted by atomic mass is 10.1. The summed E-state index contributed by atoms with van der Waals surface area (Å²) in [6, 6.07) is 6.26. The molecule has 0 radical (unpaired) electrons. The number of likely N-dealkylation sites (tertiary alicyclic amines) is 1. The van der Waals surface area contributed by atoms with Gasteiger partial charge in [0.05, 0.1) is 6.54 Å². The van der Waals surface area contributed by atoms with E-state index >= 15 is 0 Å². The van der Waals surface area contributed by atoms with Crippen molar-refractivity contribution in [1.82, 2.24) is 4.90 Å². The number of hydrogen-bond acceptors (Lipinski definition) is 3. The van der Waals surface area contributed by atoms with Gasteiger partial charge in [0.25, 0.3) is 0 Å². The highest BCUT2D eigenvalue weighted by Gasteiger charge is 2.21. The molecule has 1 heterocycles. The van der Waals surface area contributed by atoms with Crippen molar-refractivity contribution >= 4 is 24.0 Å². The number of halogens is 1. The minimum absolute atomic E-state index is 0. The number of nitrogens with two attached hydrogens (primary N) is 1. The molecule has 1 amide bonds. The van der Waals surface area contributed by atoms with E-state index in [1.165, 1.54) is 5.56 Å². The topological polar surface area (TPSA) is 58.4 Å². The number of carbonyl (C=O) groups excluding carboxylic acids is 1. The van der Waals surface area contributed by atoms with Gasteiger partial charge in [0, 0.05) is 24.8 Å². The summed E-state index contributed by atoms with van der Waals surface area (Å²) in [6.45, 7) is 6.22. The molecular formula is C14H22ClN3O. The van der Waals surface area contributed by atoms with E-state index < -0.39 is 0 Å². The maximum absolute atomic E-state index is 11.9. The Bertz CT molecular complexity index is 450. The van der Waals surface area contributed by atoms with Crippen LogP contribution in [-0.2, 0) is 4.79 Å². The maximum Gasteiger partial charge on any atom is 0.238 e. The summed E-state index contributed by atoms with van der Waals surface area (Å²) in [6.07, 6.45) is 0.983. The Hall–Kier alpha value is -1.10. The first kappa shape index (κ1) is 16.0. The highest BCUT2D eigenvalue weighted by molar-refractivity contribution is 5.93. The predicted molar refractivity (Wildman–Crippen MR) is 80.8 cm³/mol. The number of nitrogens with zero attached hydrogens (tertiary/aromatic N) is 1. The van der Waals surface area contributed by atoms with Crippen molar-refractivity contribution < 1.29 is 4.79 Å². The molecule has 1 aromatic carbocycles. The van der Waals surface area contributed by atoms with Crippen LogP contribution in [0, 0.1) is 13.8 Å². The standard InChI is InChI=1S/C14H21N3O.ClH/c1-10-3-4-13(11(2)7-10)16-14(18)9-17-6-5-12(15)8-17;/h3-4,7,12H,5-6,8-9,15H2,1-2H3,(H,16,18);1H/t12-;/m0./s1. The summed E-state index contributed by atoms with van der Waals surface area (Å²) in [5.74, 6) is 0.0380. The molecular weight excluding hydrogens is 262 g/mol. The van der Waals surface area contributed by atoms with Crippen molar-refractivity contribution in [3.8, 4) is 0 Å². The van der Waals surface area contributed by atoms with Crippen LogP contribution in [0.15, 0.2) is 18.2 Å². The van der Waals surface area contributed by atoms with Gasteiger partial charge < -0.3 is 11.1 Å². The summed E-state index contributed by atoms with van der Waals surface area (Å²) in [5.41, 5.74) is 9.02.